The maximum Gasteiger partial charge on any atom is 0.0561 e. The van der Waals surface area contributed by atoms with Crippen LogP contribution in [0.2, 0.25) is 0 Å². The maximum absolute atomic E-state index is 4.52. The Labute approximate surface area is 154 Å². The van der Waals surface area contributed by atoms with Crippen LogP contribution in [0.4, 0.5) is 5.69 Å². The molecule has 26 heavy (non-hydrogen) atoms. The molecule has 0 spiro atoms. The summed E-state index contributed by atoms with van der Waals surface area (Å²) in [7, 11) is 0. The van der Waals surface area contributed by atoms with Gasteiger partial charge in [-0.2, -0.15) is 5.10 Å². The molecule has 0 aromatic heterocycles. The summed E-state index contributed by atoms with van der Waals surface area (Å²) in [5, 5.41) is 6.98. The van der Waals surface area contributed by atoms with Crippen molar-refractivity contribution >= 4 is 28.2 Å². The number of hydrazone groups is 1. The summed E-state index contributed by atoms with van der Waals surface area (Å²) in [6, 6.07) is 23.0. The average Bonchev–Trinajstić information content (AvgIpc) is 3.01. The second-order valence-electron chi connectivity index (χ2n) is 6.79. The summed E-state index contributed by atoms with van der Waals surface area (Å²) in [6.07, 6.45) is 5.27. The number of nitrogens with zero attached hydrogens (tertiary/aromatic N) is 1. The molecule has 2 nitrogen and oxygen atoms in total. The molecule has 0 heterocycles. The van der Waals surface area contributed by atoms with Gasteiger partial charge in [-0.3, -0.25) is 5.43 Å². The summed E-state index contributed by atoms with van der Waals surface area (Å²) in [6.45, 7) is 4.40. The van der Waals surface area contributed by atoms with Gasteiger partial charge in [-0.15, -0.1) is 0 Å². The molecular formula is C24H22N2. The number of para-hydroxylation sites is 1. The van der Waals surface area contributed by atoms with Crippen LogP contribution in [0.5, 0.6) is 0 Å². The van der Waals surface area contributed by atoms with E-state index in [-0.39, 0.29) is 0 Å². The SMILES string of the molecule is CC1=C(C)CC(c2ccc3ccccc3c2C=NNc2ccccc2)=C1. The Hall–Kier alpha value is -3.13. The van der Waals surface area contributed by atoms with Crippen LogP contribution >= 0.6 is 0 Å². The highest BCUT2D eigenvalue weighted by molar-refractivity contribution is 6.05. The maximum atomic E-state index is 4.52. The van der Waals surface area contributed by atoms with E-state index < -0.39 is 0 Å². The average molecular weight is 338 g/mol. The summed E-state index contributed by atoms with van der Waals surface area (Å²) in [4.78, 5) is 0. The topological polar surface area (TPSA) is 24.4 Å². The highest BCUT2D eigenvalue weighted by Crippen LogP contribution is 2.35. The molecule has 4 rings (SSSR count). The largest absolute Gasteiger partial charge is 0.279 e. The van der Waals surface area contributed by atoms with E-state index in [1.807, 2.05) is 36.5 Å². The Morgan fingerprint density at radius 2 is 1.65 bits per heavy atom. The molecular weight excluding hydrogens is 316 g/mol. The Kier molecular flexibility index (Phi) is 4.40. The Bertz CT molecular complexity index is 1040. The van der Waals surface area contributed by atoms with Gasteiger partial charge >= 0.3 is 0 Å². The van der Waals surface area contributed by atoms with Crippen molar-refractivity contribution in [2.75, 3.05) is 5.43 Å². The Balaban J connectivity index is 1.75. The van der Waals surface area contributed by atoms with Crippen LogP contribution < -0.4 is 5.43 Å². The second kappa shape index (κ2) is 7.01. The summed E-state index contributed by atoms with van der Waals surface area (Å²) in [5.74, 6) is 0. The minimum absolute atomic E-state index is 0.985. The lowest BCUT2D eigenvalue weighted by molar-refractivity contribution is 1.23. The molecule has 1 aliphatic carbocycles. The van der Waals surface area contributed by atoms with E-state index in [0.717, 1.165) is 12.1 Å². The summed E-state index contributed by atoms with van der Waals surface area (Å²) < 4.78 is 0. The first kappa shape index (κ1) is 16.3. The van der Waals surface area contributed by atoms with E-state index >= 15 is 0 Å². The first-order chi connectivity index (χ1) is 12.7. The number of allylic oxidation sites excluding steroid dienone is 4. The Morgan fingerprint density at radius 3 is 2.42 bits per heavy atom. The molecule has 0 saturated heterocycles. The third-order valence-corrected chi connectivity index (χ3v) is 5.00. The highest BCUT2D eigenvalue weighted by Gasteiger charge is 2.15. The monoisotopic (exact) mass is 338 g/mol. The number of rotatable bonds is 4. The lowest BCUT2D eigenvalue weighted by Gasteiger charge is -2.11. The molecule has 1 aliphatic rings. The minimum atomic E-state index is 0.985. The van der Waals surface area contributed by atoms with Crippen molar-refractivity contribution in [3.8, 4) is 0 Å². The van der Waals surface area contributed by atoms with Crippen molar-refractivity contribution < 1.29 is 0 Å². The first-order valence-electron chi connectivity index (χ1n) is 8.95. The standard InChI is InChI=1S/C24H22N2/c1-17-14-20(15-18(17)2)23-13-12-19-8-6-7-11-22(19)24(23)16-25-26-21-9-4-3-5-10-21/h3-14,16,26H,15H2,1-2H3. The number of hydrogen-bond donors (Lipinski definition) is 1. The number of nitrogens with one attached hydrogen (secondary N) is 1. The van der Waals surface area contributed by atoms with Gasteiger partial charge in [-0.1, -0.05) is 71.8 Å². The van der Waals surface area contributed by atoms with Gasteiger partial charge in [0.2, 0.25) is 0 Å². The number of hydrogen-bond acceptors (Lipinski definition) is 2. The zero-order chi connectivity index (χ0) is 17.9. The number of benzene rings is 3. The molecule has 0 fully saturated rings. The minimum Gasteiger partial charge on any atom is -0.279 e. The van der Waals surface area contributed by atoms with E-state index in [9.17, 15) is 0 Å². The lowest BCUT2D eigenvalue weighted by Crippen LogP contribution is -1.97. The van der Waals surface area contributed by atoms with E-state index in [4.69, 9.17) is 0 Å². The van der Waals surface area contributed by atoms with E-state index in [1.54, 1.807) is 0 Å². The molecule has 0 atom stereocenters. The molecule has 128 valence electrons. The van der Waals surface area contributed by atoms with Gasteiger partial charge in [0.05, 0.1) is 11.9 Å². The van der Waals surface area contributed by atoms with Crippen molar-refractivity contribution in [2.45, 2.75) is 20.3 Å². The van der Waals surface area contributed by atoms with Crippen LogP contribution in [0, 0.1) is 0 Å². The van der Waals surface area contributed by atoms with Crippen LogP contribution in [0.25, 0.3) is 16.3 Å². The van der Waals surface area contributed by atoms with Gasteiger partial charge in [-0.05, 0) is 54.3 Å². The van der Waals surface area contributed by atoms with Gasteiger partial charge in [0.15, 0.2) is 0 Å². The van der Waals surface area contributed by atoms with Crippen molar-refractivity contribution in [1.82, 2.24) is 0 Å². The van der Waals surface area contributed by atoms with Crippen molar-refractivity contribution in [1.29, 1.82) is 0 Å². The third-order valence-electron chi connectivity index (χ3n) is 5.00. The Morgan fingerprint density at radius 1 is 0.885 bits per heavy atom. The van der Waals surface area contributed by atoms with E-state index in [1.165, 1.54) is 38.6 Å². The summed E-state index contributed by atoms with van der Waals surface area (Å²) in [5.41, 5.74) is 10.7. The predicted octanol–water partition coefficient (Wildman–Crippen LogP) is 6.41. The molecule has 0 saturated carbocycles. The predicted molar refractivity (Wildman–Crippen MR) is 113 cm³/mol. The van der Waals surface area contributed by atoms with Crippen LogP contribution in [0.3, 0.4) is 0 Å². The molecule has 0 amide bonds. The van der Waals surface area contributed by atoms with Gasteiger partial charge in [0, 0.05) is 5.56 Å². The van der Waals surface area contributed by atoms with Crippen LogP contribution in [0.15, 0.2) is 89.1 Å². The smallest absolute Gasteiger partial charge is 0.0561 e. The zero-order valence-corrected chi connectivity index (χ0v) is 15.2. The molecule has 1 N–H and O–H groups in total. The quantitative estimate of drug-likeness (QED) is 0.431. The number of anilines is 1. The molecule has 0 aliphatic heterocycles. The van der Waals surface area contributed by atoms with E-state index in [2.05, 4.69) is 66.8 Å². The molecule has 0 radical (unpaired) electrons. The molecule has 2 heteroatoms. The van der Waals surface area contributed by atoms with Gasteiger partial charge in [0.1, 0.15) is 0 Å². The molecule has 0 unspecified atom stereocenters. The zero-order valence-electron chi connectivity index (χ0n) is 15.2. The van der Waals surface area contributed by atoms with Crippen molar-refractivity contribution in [3.05, 3.63) is 95.1 Å². The van der Waals surface area contributed by atoms with Gasteiger partial charge in [-0.25, -0.2) is 0 Å². The van der Waals surface area contributed by atoms with Crippen molar-refractivity contribution in [3.63, 3.8) is 0 Å². The fraction of sp³-hybridized carbons (Fsp3) is 0.125. The fourth-order valence-corrected chi connectivity index (χ4v) is 3.43. The van der Waals surface area contributed by atoms with Gasteiger partial charge in [0.25, 0.3) is 0 Å². The summed E-state index contributed by atoms with van der Waals surface area (Å²) >= 11 is 0. The second-order valence-corrected chi connectivity index (χ2v) is 6.79. The van der Waals surface area contributed by atoms with Crippen LogP contribution in [-0.2, 0) is 0 Å². The third kappa shape index (κ3) is 3.18. The number of fused-ring (bicyclic) bond motifs is 1. The van der Waals surface area contributed by atoms with Crippen molar-refractivity contribution in [2.24, 2.45) is 5.10 Å². The molecule has 0 bridgehead atoms. The lowest BCUT2D eigenvalue weighted by atomic mass is 9.93. The molecule has 3 aromatic carbocycles. The normalized spacial score (nSPS) is 14.3. The highest BCUT2D eigenvalue weighted by atomic mass is 15.3. The van der Waals surface area contributed by atoms with Gasteiger partial charge < -0.3 is 0 Å². The van der Waals surface area contributed by atoms with E-state index in [0.29, 0.717) is 0 Å². The molecule has 3 aromatic rings. The van der Waals surface area contributed by atoms with Crippen LogP contribution in [-0.4, -0.2) is 6.21 Å². The first-order valence-corrected chi connectivity index (χ1v) is 8.95. The fourth-order valence-electron chi connectivity index (χ4n) is 3.43. The van der Waals surface area contributed by atoms with Crippen LogP contribution in [0.1, 0.15) is 31.4 Å².